The zero-order chi connectivity index (χ0) is 97.1. The number of carbonyl (C=O) groups is 14. The Morgan fingerprint density at radius 2 is 0.659 bits per heavy atom. The van der Waals surface area contributed by atoms with Gasteiger partial charge >= 0.3 is 42.7 Å². The third kappa shape index (κ3) is 38.7. The molecule has 6 aromatic rings. The molecule has 0 aliphatic heterocycles. The van der Waals surface area contributed by atoms with Gasteiger partial charge in [0.05, 0.1) is 62.1 Å². The molecule has 7 atom stereocenters. The van der Waals surface area contributed by atoms with E-state index in [0.29, 0.717) is 127 Å². The van der Waals surface area contributed by atoms with Crippen LogP contribution in [0.25, 0.3) is 11.4 Å². The minimum atomic E-state index is -1.06. The van der Waals surface area contributed by atoms with E-state index in [2.05, 4.69) is 73.2 Å². The van der Waals surface area contributed by atoms with Crippen molar-refractivity contribution in [3.8, 4) is 17.1 Å². The number of ether oxygens (including phenoxy) is 8. The number of aromatic nitrogens is 2. The highest BCUT2D eigenvalue weighted by Crippen LogP contribution is 2.38. The van der Waals surface area contributed by atoms with E-state index in [1.807, 2.05) is 129 Å². The number of hydrogen-bond acceptors (Lipinski definition) is 24. The van der Waals surface area contributed by atoms with Crippen molar-refractivity contribution in [3.05, 3.63) is 184 Å². The van der Waals surface area contributed by atoms with E-state index in [4.69, 9.17) is 37.9 Å². The summed E-state index contributed by atoms with van der Waals surface area (Å²) < 4.78 is 68.1. The first-order valence-electron chi connectivity index (χ1n) is 47.2. The minimum absolute atomic E-state index is 0.0486. The van der Waals surface area contributed by atoms with E-state index >= 15 is 0 Å². The molecular weight excluding hydrogens is 1740 g/mol. The van der Waals surface area contributed by atoms with Crippen LogP contribution in [-0.2, 0) is 113 Å². The molecule has 0 bridgehead atoms. The monoisotopic (exact) mass is 1870 g/mol. The number of hydrogen-bond donors (Lipinski definition) is 7. The number of rotatable bonds is 31. The van der Waals surface area contributed by atoms with E-state index in [1.54, 1.807) is 26.2 Å². The van der Waals surface area contributed by atoms with Crippen molar-refractivity contribution < 1.29 is 114 Å². The SMILES string of the molecule is CC1(F)CCC(CCCCOC(=O)N[C@H]2CCC2=O)CC1.CC1(F)CCC(COC(=O)N[C@H]2CCC2=O)CC1.CCCOc1ccc(COC(=O)N[C@H]2CCC2=O)cc1.CCCc1ccc(COC(=O)N[C@H]2CCC2=O)cc1.CCc1ccc(COC(=O)N[C@H]2CCC2=O)cc1.Cc1ccc(COC(=O)N[C@H]2CCC2=O)cc1.O=C(N[C@H]1CCC1=O)OCc1cnc(-c2ccccc2)nc1. The summed E-state index contributed by atoms with van der Waals surface area (Å²) in [6.45, 7) is 14.0. The van der Waals surface area contributed by atoms with Crippen LogP contribution in [0.2, 0.25) is 0 Å². The van der Waals surface area contributed by atoms with Gasteiger partial charge in [0.15, 0.2) is 46.3 Å². The summed E-state index contributed by atoms with van der Waals surface area (Å²) in [6, 6.07) is 38.3. The Bertz CT molecular complexity index is 4850. The quantitative estimate of drug-likeness (QED) is 0.0157. The van der Waals surface area contributed by atoms with Gasteiger partial charge < -0.3 is 75.1 Å². The molecule has 9 aliphatic rings. The second-order valence-corrected chi connectivity index (χ2v) is 35.7. The van der Waals surface area contributed by atoms with Gasteiger partial charge in [0.25, 0.3) is 0 Å². The molecule has 0 spiro atoms. The van der Waals surface area contributed by atoms with Crippen LogP contribution >= 0.6 is 0 Å². The van der Waals surface area contributed by atoms with Crippen LogP contribution in [0.5, 0.6) is 5.75 Å². The number of alkyl halides is 2. The third-order valence-electron chi connectivity index (χ3n) is 24.6. The molecule has 1 heterocycles. The summed E-state index contributed by atoms with van der Waals surface area (Å²) in [6.07, 6.45) is 21.3. The molecule has 0 radical (unpaired) electrons. The molecule has 9 saturated carbocycles. The molecule has 730 valence electrons. The highest BCUT2D eigenvalue weighted by Gasteiger charge is 2.37. The fraction of sp³-hybridized carbons (Fsp3) is 0.529. The first-order valence-corrected chi connectivity index (χ1v) is 47.2. The Hall–Kier alpha value is -12.6. The van der Waals surface area contributed by atoms with Crippen LogP contribution in [0.4, 0.5) is 42.3 Å². The number of amides is 7. The third-order valence-corrected chi connectivity index (χ3v) is 24.6. The van der Waals surface area contributed by atoms with Gasteiger partial charge in [-0.05, 0) is 207 Å². The van der Waals surface area contributed by atoms with Crippen molar-refractivity contribution in [2.75, 3.05) is 19.8 Å². The molecule has 0 unspecified atom stereocenters. The maximum Gasteiger partial charge on any atom is 0.408 e. The molecule has 7 amide bonds. The van der Waals surface area contributed by atoms with Crippen LogP contribution in [0.15, 0.2) is 140 Å². The fourth-order valence-electron chi connectivity index (χ4n) is 14.6. The van der Waals surface area contributed by atoms with Gasteiger partial charge in [-0.1, -0.05) is 154 Å². The molecule has 0 saturated heterocycles. The van der Waals surface area contributed by atoms with Gasteiger partial charge in [0, 0.05) is 68.5 Å². The van der Waals surface area contributed by atoms with Gasteiger partial charge in [-0.15, -0.1) is 0 Å². The fourth-order valence-corrected chi connectivity index (χ4v) is 14.6. The average Bonchev–Trinajstić information content (AvgIpc) is 0.872. The largest absolute Gasteiger partial charge is 0.494 e. The van der Waals surface area contributed by atoms with Gasteiger partial charge in [-0.3, -0.25) is 33.6 Å². The highest BCUT2D eigenvalue weighted by atomic mass is 19.1. The zero-order valence-electron chi connectivity index (χ0n) is 78.3. The predicted octanol–water partition coefficient (Wildman–Crippen LogP) is 17.2. The Balaban J connectivity index is 0.000000177. The van der Waals surface area contributed by atoms with Crippen molar-refractivity contribution in [1.29, 1.82) is 0 Å². The lowest BCUT2D eigenvalue weighted by Crippen LogP contribution is -2.47. The normalized spacial score (nSPS) is 22.3. The summed E-state index contributed by atoms with van der Waals surface area (Å²) in [5, 5.41) is 17.8. The van der Waals surface area contributed by atoms with Crippen LogP contribution < -0.4 is 42.0 Å². The Kier molecular flexibility index (Phi) is 43.5. The van der Waals surface area contributed by atoms with Gasteiger partial charge in [-0.25, -0.2) is 52.3 Å². The summed E-state index contributed by atoms with van der Waals surface area (Å²) >= 11 is 0. The molecule has 1 aromatic heterocycles. The zero-order valence-corrected chi connectivity index (χ0v) is 78.3. The Labute approximate surface area is 787 Å². The maximum absolute atomic E-state index is 13.7. The summed E-state index contributed by atoms with van der Waals surface area (Å²) in [5.74, 6) is 2.81. The number of benzene rings is 5. The van der Waals surface area contributed by atoms with Gasteiger partial charge in [0.1, 0.15) is 50.1 Å². The molecular formula is C102H131F2N9O22. The molecule has 7 N–H and O–H groups in total. The van der Waals surface area contributed by atoms with Crippen molar-refractivity contribution in [3.63, 3.8) is 0 Å². The minimum Gasteiger partial charge on any atom is -0.494 e. The predicted molar refractivity (Wildman–Crippen MR) is 496 cm³/mol. The lowest BCUT2D eigenvalue weighted by Gasteiger charge is -2.31. The summed E-state index contributed by atoms with van der Waals surface area (Å²) in [7, 11) is 0. The lowest BCUT2D eigenvalue weighted by atomic mass is 9.79. The van der Waals surface area contributed by atoms with Gasteiger partial charge in [0.2, 0.25) is 0 Å². The maximum atomic E-state index is 13.7. The number of carbonyl (C=O) groups excluding carboxylic acids is 14. The van der Waals surface area contributed by atoms with Crippen LogP contribution in [0.1, 0.15) is 252 Å². The molecule has 31 nitrogen and oxygen atoms in total. The van der Waals surface area contributed by atoms with E-state index in [0.717, 1.165) is 130 Å². The number of nitrogens with zero attached hydrogens (tertiary/aromatic N) is 2. The topological polar surface area (TPSA) is 423 Å². The lowest BCUT2D eigenvalue weighted by molar-refractivity contribution is -0.127. The molecule has 9 aliphatic carbocycles. The molecule has 15 rings (SSSR count). The first kappa shape index (κ1) is 106. The number of aryl methyl sites for hydroxylation is 3. The van der Waals surface area contributed by atoms with E-state index in [9.17, 15) is 75.9 Å². The number of ketones is 7. The summed E-state index contributed by atoms with van der Waals surface area (Å²) in [4.78, 5) is 166. The van der Waals surface area contributed by atoms with E-state index in [1.165, 1.54) is 16.7 Å². The standard InChI is InChI=1S/C16H26FNO3.C16H15N3O3.C15H19NO4.C15H19NO3.C14H17NO3.C13H20FNO3.C13H15NO3/c1-16(17)9-7-12(8-10-16)4-2-3-11-21-15(20)18-13-5-6-14(13)19;20-14-7-6-13(14)19-16(21)22-10-11-8-17-15(18-9-11)12-4-2-1-3-5-12;1-2-9-19-12-5-3-11(4-6-12)10-20-15(18)16-13-7-8-14(13)17;1-2-3-11-4-6-12(7-5-11)10-19-15(18)16-13-8-9-14(13)17;1-2-10-3-5-11(6-4-10)9-18-14(17)15-12-7-8-13(12)16;1-13(14)6-4-9(5-7-13)8-18-12(17)15-10-2-3-11(10)16;1-9-2-4-10(5-3-9)8-17-13(16)14-11-6-7-12(11)15/h12-13H,2-11H2,1H3,(H,18,20);1-5,8-9,13H,6-7,10H2,(H,19,21);3-6,13H,2,7-10H2,1H3,(H,16,18);4-7,13H,2-3,8-10H2,1H3,(H,16,18);3-6,12H,2,7-9H2,1H3,(H,15,17);9-10H,2-8H2,1H3,(H,15,17);2-5,11H,6-8H2,1H3,(H,14,16)/t12?,13-,16?;3*13-;12-;9?,10-,13?;11-/m0000000/s1. The van der Waals surface area contributed by atoms with Crippen LogP contribution in [-0.4, -0.2) is 167 Å². The Morgan fingerprint density at radius 3 is 0.985 bits per heavy atom. The van der Waals surface area contributed by atoms with E-state index in [-0.39, 0.29) is 122 Å². The van der Waals surface area contributed by atoms with Crippen LogP contribution in [0.3, 0.4) is 0 Å². The van der Waals surface area contributed by atoms with Gasteiger partial charge in [-0.2, -0.15) is 0 Å². The molecule has 5 aromatic carbocycles. The number of Topliss-reactive ketones (excluding diaryl/α,β-unsaturated/α-hetero) is 7. The second kappa shape index (κ2) is 55.3. The number of nitrogens with one attached hydrogen (secondary N) is 7. The first-order chi connectivity index (χ1) is 64.8. The number of halogens is 2. The summed E-state index contributed by atoms with van der Waals surface area (Å²) in [5.41, 5.74) is 7.02. The highest BCUT2D eigenvalue weighted by molar-refractivity contribution is 5.96. The average molecular weight is 1870 g/mol. The smallest absolute Gasteiger partial charge is 0.408 e. The Morgan fingerprint density at radius 1 is 0.348 bits per heavy atom. The van der Waals surface area contributed by atoms with Crippen molar-refractivity contribution in [1.82, 2.24) is 47.2 Å². The van der Waals surface area contributed by atoms with Crippen molar-refractivity contribution in [2.45, 2.75) is 314 Å². The number of unbranched alkanes of at least 4 members (excludes halogenated alkanes) is 1. The molecule has 33 heteroatoms. The van der Waals surface area contributed by atoms with Crippen molar-refractivity contribution >= 4 is 83.1 Å². The molecule has 9 fully saturated rings. The van der Waals surface area contributed by atoms with Crippen molar-refractivity contribution in [2.24, 2.45) is 11.8 Å². The van der Waals surface area contributed by atoms with E-state index < -0.39 is 54.0 Å². The number of alkyl carbamates (subject to hydrolysis) is 7. The van der Waals surface area contributed by atoms with Crippen LogP contribution in [0, 0.1) is 18.8 Å². The second-order valence-electron chi connectivity index (χ2n) is 35.7. The molecule has 135 heavy (non-hydrogen) atoms.